The van der Waals surface area contributed by atoms with Gasteiger partial charge in [-0.25, -0.2) is 0 Å². The van der Waals surface area contributed by atoms with Gasteiger partial charge in [-0.15, -0.1) is 0 Å². The normalized spacial score (nSPS) is 24.1. The van der Waals surface area contributed by atoms with Crippen LogP contribution < -0.4 is 0 Å². The van der Waals surface area contributed by atoms with Crippen LogP contribution in [0.3, 0.4) is 0 Å². The number of methoxy groups -OCH3 is 1. The van der Waals surface area contributed by atoms with Crippen molar-refractivity contribution in [2.45, 2.75) is 45.1 Å². The number of rotatable bonds is 4. The lowest BCUT2D eigenvalue weighted by Crippen LogP contribution is -2.19. The van der Waals surface area contributed by atoms with Crippen LogP contribution in [0.2, 0.25) is 0 Å². The molecule has 88 valence electrons. The van der Waals surface area contributed by atoms with Gasteiger partial charge in [-0.3, -0.25) is 0 Å². The van der Waals surface area contributed by atoms with E-state index in [1.165, 1.54) is 43.2 Å². The van der Waals surface area contributed by atoms with Crippen molar-refractivity contribution in [3.8, 4) is 0 Å². The minimum atomic E-state index is 0.326. The minimum absolute atomic E-state index is 0.326. The summed E-state index contributed by atoms with van der Waals surface area (Å²) in [6.45, 7) is 2.27. The molecule has 1 heteroatoms. The third-order valence-electron chi connectivity index (χ3n) is 3.71. The molecule has 2 atom stereocenters. The van der Waals surface area contributed by atoms with Gasteiger partial charge in [0.25, 0.3) is 0 Å². The average molecular weight is 218 g/mol. The van der Waals surface area contributed by atoms with E-state index in [9.17, 15) is 0 Å². The first kappa shape index (κ1) is 11.7. The third kappa shape index (κ3) is 2.46. The zero-order valence-electron chi connectivity index (χ0n) is 10.4. The topological polar surface area (TPSA) is 9.23 Å². The summed E-state index contributed by atoms with van der Waals surface area (Å²) in [5, 5.41) is 0. The monoisotopic (exact) mass is 218 g/mol. The molecular weight excluding hydrogens is 196 g/mol. The molecule has 0 fully saturated rings. The first-order chi connectivity index (χ1) is 7.85. The van der Waals surface area contributed by atoms with Crippen LogP contribution in [0.4, 0.5) is 0 Å². The first-order valence-electron chi connectivity index (χ1n) is 6.45. The summed E-state index contributed by atoms with van der Waals surface area (Å²) < 4.78 is 5.63. The van der Waals surface area contributed by atoms with Crippen LogP contribution in [-0.2, 0) is 11.2 Å². The van der Waals surface area contributed by atoms with Crippen molar-refractivity contribution in [1.29, 1.82) is 0 Å². The molecule has 0 aromatic heterocycles. The lowest BCUT2D eigenvalue weighted by atomic mass is 9.80. The molecule has 1 nitrogen and oxygen atoms in total. The molecule has 16 heavy (non-hydrogen) atoms. The zero-order chi connectivity index (χ0) is 11.4. The van der Waals surface area contributed by atoms with Gasteiger partial charge in [-0.2, -0.15) is 0 Å². The Labute approximate surface area is 98.8 Å². The molecule has 0 saturated heterocycles. The van der Waals surface area contributed by atoms with E-state index >= 15 is 0 Å². The van der Waals surface area contributed by atoms with Crippen LogP contribution in [0.5, 0.6) is 0 Å². The Kier molecular flexibility index (Phi) is 4.00. The van der Waals surface area contributed by atoms with E-state index in [0.29, 0.717) is 6.10 Å². The van der Waals surface area contributed by atoms with Gasteiger partial charge in [0.2, 0.25) is 0 Å². The molecule has 0 unspecified atom stereocenters. The van der Waals surface area contributed by atoms with Crippen molar-refractivity contribution in [3.63, 3.8) is 0 Å². The quantitative estimate of drug-likeness (QED) is 0.738. The number of unbranched alkanes of at least 4 members (excludes halogenated alkanes) is 1. The second-order valence-electron chi connectivity index (χ2n) is 4.87. The van der Waals surface area contributed by atoms with Gasteiger partial charge in [-0.05, 0) is 29.9 Å². The summed E-state index contributed by atoms with van der Waals surface area (Å²) in [7, 11) is 1.84. The highest BCUT2D eigenvalue weighted by atomic mass is 16.5. The van der Waals surface area contributed by atoms with Crippen LogP contribution in [0, 0.1) is 5.92 Å². The number of fused-ring (bicyclic) bond motifs is 1. The summed E-state index contributed by atoms with van der Waals surface area (Å²) in [5.74, 6) is 0.819. The Morgan fingerprint density at radius 1 is 1.31 bits per heavy atom. The molecule has 0 amide bonds. The fraction of sp³-hybridized carbons (Fsp3) is 0.600. The largest absolute Gasteiger partial charge is 0.377 e. The van der Waals surface area contributed by atoms with Gasteiger partial charge in [0.1, 0.15) is 0 Å². The van der Waals surface area contributed by atoms with Gasteiger partial charge in [0.05, 0.1) is 6.10 Å². The molecule has 1 aliphatic carbocycles. The Bertz CT molecular complexity index is 332. The molecule has 0 spiro atoms. The van der Waals surface area contributed by atoms with Crippen LogP contribution >= 0.6 is 0 Å². The van der Waals surface area contributed by atoms with Crippen LogP contribution in [0.15, 0.2) is 24.3 Å². The van der Waals surface area contributed by atoms with E-state index in [4.69, 9.17) is 4.74 Å². The Morgan fingerprint density at radius 2 is 2.12 bits per heavy atom. The molecule has 2 rings (SSSR count). The number of hydrogen-bond acceptors (Lipinski definition) is 1. The van der Waals surface area contributed by atoms with Gasteiger partial charge < -0.3 is 4.74 Å². The summed E-state index contributed by atoms with van der Waals surface area (Å²) in [6, 6.07) is 8.75. The molecule has 1 aromatic rings. The predicted octanol–water partition coefficient (Wildman–Crippen LogP) is 4.13. The summed E-state index contributed by atoms with van der Waals surface area (Å²) in [4.78, 5) is 0. The lowest BCUT2D eigenvalue weighted by molar-refractivity contribution is 0.0696. The fourth-order valence-electron chi connectivity index (χ4n) is 2.79. The molecule has 0 aliphatic heterocycles. The molecule has 1 aromatic carbocycles. The number of ether oxygens (including phenoxy) is 1. The molecule has 0 heterocycles. The Balaban J connectivity index is 2.12. The Hall–Kier alpha value is -0.820. The van der Waals surface area contributed by atoms with E-state index in [0.717, 1.165) is 5.92 Å². The average Bonchev–Trinajstić information content (AvgIpc) is 2.35. The smallest absolute Gasteiger partial charge is 0.0826 e. The molecule has 0 saturated carbocycles. The van der Waals surface area contributed by atoms with Crippen molar-refractivity contribution in [2.75, 3.05) is 7.11 Å². The van der Waals surface area contributed by atoms with Gasteiger partial charge >= 0.3 is 0 Å². The molecular formula is C15H22O. The van der Waals surface area contributed by atoms with Crippen LogP contribution in [0.25, 0.3) is 0 Å². The zero-order valence-corrected chi connectivity index (χ0v) is 10.4. The van der Waals surface area contributed by atoms with Crippen LogP contribution in [0.1, 0.15) is 49.8 Å². The van der Waals surface area contributed by atoms with E-state index in [2.05, 4.69) is 31.2 Å². The first-order valence-corrected chi connectivity index (χ1v) is 6.45. The van der Waals surface area contributed by atoms with Crippen molar-refractivity contribution in [2.24, 2.45) is 5.92 Å². The number of benzene rings is 1. The molecule has 0 radical (unpaired) electrons. The second-order valence-corrected chi connectivity index (χ2v) is 4.87. The van der Waals surface area contributed by atoms with E-state index in [1.54, 1.807) is 0 Å². The maximum atomic E-state index is 5.63. The minimum Gasteiger partial charge on any atom is -0.377 e. The maximum absolute atomic E-state index is 5.63. The summed E-state index contributed by atoms with van der Waals surface area (Å²) in [6.07, 6.45) is 6.78. The highest BCUT2D eigenvalue weighted by molar-refractivity contribution is 5.31. The SMILES string of the molecule is CCCC[C@@H]1Cc2ccccc2[C@@H](OC)C1. The number of hydrogen-bond donors (Lipinski definition) is 0. The molecule has 1 aliphatic rings. The summed E-state index contributed by atoms with van der Waals surface area (Å²) >= 11 is 0. The third-order valence-corrected chi connectivity index (χ3v) is 3.71. The van der Waals surface area contributed by atoms with E-state index in [-0.39, 0.29) is 0 Å². The highest BCUT2D eigenvalue weighted by Crippen LogP contribution is 2.37. The van der Waals surface area contributed by atoms with Crippen molar-refractivity contribution in [1.82, 2.24) is 0 Å². The second kappa shape index (κ2) is 5.49. The Morgan fingerprint density at radius 3 is 2.88 bits per heavy atom. The van der Waals surface area contributed by atoms with Crippen LogP contribution in [-0.4, -0.2) is 7.11 Å². The van der Waals surface area contributed by atoms with Gasteiger partial charge in [0.15, 0.2) is 0 Å². The summed E-state index contributed by atoms with van der Waals surface area (Å²) in [5.41, 5.74) is 2.92. The van der Waals surface area contributed by atoms with Crippen molar-refractivity contribution in [3.05, 3.63) is 35.4 Å². The predicted molar refractivity (Wildman–Crippen MR) is 67.5 cm³/mol. The van der Waals surface area contributed by atoms with Gasteiger partial charge in [-0.1, -0.05) is 50.5 Å². The molecule has 0 bridgehead atoms. The lowest BCUT2D eigenvalue weighted by Gasteiger charge is -2.30. The van der Waals surface area contributed by atoms with Crippen molar-refractivity contribution < 1.29 is 4.74 Å². The maximum Gasteiger partial charge on any atom is 0.0826 e. The van der Waals surface area contributed by atoms with Gasteiger partial charge in [0, 0.05) is 7.11 Å². The fourth-order valence-corrected chi connectivity index (χ4v) is 2.79. The highest BCUT2D eigenvalue weighted by Gasteiger charge is 2.25. The molecule has 0 N–H and O–H groups in total. The van der Waals surface area contributed by atoms with E-state index in [1.807, 2.05) is 7.11 Å². The van der Waals surface area contributed by atoms with Crippen molar-refractivity contribution >= 4 is 0 Å². The standard InChI is InChI=1S/C15H22O/c1-3-4-7-12-10-13-8-5-6-9-14(13)15(11-12)16-2/h5-6,8-9,12,15H,3-4,7,10-11H2,1-2H3/t12-,15+/m1/s1. The van der Waals surface area contributed by atoms with E-state index < -0.39 is 0 Å².